The molecule has 0 spiro atoms. The van der Waals surface area contributed by atoms with Crippen LogP contribution in [0.3, 0.4) is 0 Å². The van der Waals surface area contributed by atoms with Gasteiger partial charge in [-0.25, -0.2) is 4.79 Å². The molecule has 4 N–H and O–H groups in total. The van der Waals surface area contributed by atoms with Crippen molar-refractivity contribution in [2.45, 2.75) is 0 Å². The Hall–Kier alpha value is -2.05. The molecule has 0 bridgehead atoms. The van der Waals surface area contributed by atoms with Crippen molar-refractivity contribution in [3.8, 4) is 0 Å². The predicted octanol–water partition coefficient (Wildman–Crippen LogP) is -0.787. The average Bonchev–Trinajstić information content (AvgIpc) is 2.46. The van der Waals surface area contributed by atoms with E-state index in [1.165, 1.54) is 11.7 Å². The van der Waals surface area contributed by atoms with E-state index in [9.17, 15) is 4.79 Å². The van der Waals surface area contributed by atoms with Gasteiger partial charge < -0.3 is 16.0 Å². The summed E-state index contributed by atoms with van der Waals surface area (Å²) in [5, 5.41) is 23.4. The van der Waals surface area contributed by atoms with Crippen LogP contribution in [-0.2, 0) is 7.05 Å². The quantitative estimate of drug-likeness (QED) is 0.241. The molecule has 0 aliphatic carbocycles. The van der Waals surface area contributed by atoms with Crippen LogP contribution in [0.4, 0.5) is 0 Å². The van der Waals surface area contributed by atoms with E-state index < -0.39 is 5.97 Å². The van der Waals surface area contributed by atoms with Crippen LogP contribution in [0.2, 0.25) is 0 Å². The molecule has 1 rings (SSSR count). The molecule has 0 saturated heterocycles. The monoisotopic (exact) mass is 184 g/mol. The first-order chi connectivity index (χ1) is 6.07. The topological polar surface area (TPSA) is 114 Å². The van der Waals surface area contributed by atoms with Gasteiger partial charge in [-0.15, -0.1) is 0 Å². The highest BCUT2D eigenvalue weighted by Gasteiger charge is 2.17. The zero-order chi connectivity index (χ0) is 10.0. The summed E-state index contributed by atoms with van der Waals surface area (Å²) in [4.78, 5) is 10.6. The van der Waals surface area contributed by atoms with Gasteiger partial charge >= 0.3 is 5.97 Å². The van der Waals surface area contributed by atoms with Crippen LogP contribution >= 0.6 is 0 Å². The second-order valence-electron chi connectivity index (χ2n) is 2.32. The van der Waals surface area contributed by atoms with E-state index in [1.54, 1.807) is 0 Å². The first kappa shape index (κ1) is 9.04. The molecule has 0 fully saturated rings. The van der Waals surface area contributed by atoms with E-state index in [1.807, 2.05) is 0 Å². The number of hydrogen-bond acceptors (Lipinski definition) is 4. The number of aryl methyl sites for hydroxylation is 1. The Balaban J connectivity index is 3.32. The van der Waals surface area contributed by atoms with Gasteiger partial charge in [0, 0.05) is 7.05 Å². The first-order valence-electron chi connectivity index (χ1n) is 3.31. The third-order valence-electron chi connectivity index (χ3n) is 1.52. The van der Waals surface area contributed by atoms with Crippen LogP contribution in [0.25, 0.3) is 0 Å². The number of rotatable bonds is 2. The fourth-order valence-electron chi connectivity index (χ4n) is 0.945. The maximum absolute atomic E-state index is 10.6. The normalized spacial score (nSPS) is 11.6. The third-order valence-corrected chi connectivity index (χ3v) is 1.52. The van der Waals surface area contributed by atoms with Gasteiger partial charge in [-0.05, 0) is 0 Å². The Labute approximate surface area is 73.1 Å². The Morgan fingerprint density at radius 2 is 2.38 bits per heavy atom. The highest BCUT2D eigenvalue weighted by Crippen LogP contribution is 2.06. The van der Waals surface area contributed by atoms with Crippen LogP contribution in [0.5, 0.6) is 0 Å². The zero-order valence-electron chi connectivity index (χ0n) is 6.80. The van der Waals surface area contributed by atoms with Crippen LogP contribution in [0, 0.1) is 0 Å². The number of carboxylic acid groups (broad SMARTS) is 1. The maximum Gasteiger partial charge on any atom is 0.339 e. The molecule has 1 aromatic heterocycles. The molecule has 70 valence electrons. The van der Waals surface area contributed by atoms with Crippen molar-refractivity contribution < 1.29 is 15.1 Å². The van der Waals surface area contributed by atoms with Gasteiger partial charge in [-0.1, -0.05) is 5.16 Å². The van der Waals surface area contributed by atoms with Crippen molar-refractivity contribution in [3.63, 3.8) is 0 Å². The number of nitrogens with two attached hydrogens (primary N) is 1. The fraction of sp³-hybridized carbons (Fsp3) is 0.167. The maximum atomic E-state index is 10.6. The molecule has 0 unspecified atom stereocenters. The van der Waals surface area contributed by atoms with Gasteiger partial charge in [-0.2, -0.15) is 5.10 Å². The number of nitrogens with zero attached hydrogens (tertiary/aromatic N) is 3. The second-order valence-corrected chi connectivity index (χ2v) is 2.32. The molecule has 7 heteroatoms. The third kappa shape index (κ3) is 1.43. The molecule has 0 aliphatic rings. The molecule has 0 radical (unpaired) electrons. The van der Waals surface area contributed by atoms with Crippen LogP contribution in [0.1, 0.15) is 16.1 Å². The fourth-order valence-corrected chi connectivity index (χ4v) is 0.945. The lowest BCUT2D eigenvalue weighted by Crippen LogP contribution is -2.20. The van der Waals surface area contributed by atoms with Crippen molar-refractivity contribution in [2.24, 2.45) is 17.9 Å². The van der Waals surface area contributed by atoms with Crippen molar-refractivity contribution >= 4 is 11.8 Å². The summed E-state index contributed by atoms with van der Waals surface area (Å²) in [5.74, 6) is -1.45. The van der Waals surface area contributed by atoms with E-state index in [0.717, 1.165) is 6.20 Å². The average molecular weight is 184 g/mol. The SMILES string of the molecule is Cn1ncc(C(=O)O)c1/C(N)=N/O. The van der Waals surface area contributed by atoms with Crippen molar-refractivity contribution in [1.82, 2.24) is 9.78 Å². The summed E-state index contributed by atoms with van der Waals surface area (Å²) in [6, 6.07) is 0. The Kier molecular flexibility index (Phi) is 2.18. The van der Waals surface area contributed by atoms with Crippen LogP contribution in [0.15, 0.2) is 11.4 Å². The summed E-state index contributed by atoms with van der Waals surface area (Å²) in [5.41, 5.74) is 5.23. The summed E-state index contributed by atoms with van der Waals surface area (Å²) >= 11 is 0. The predicted molar refractivity (Wildman–Crippen MR) is 42.7 cm³/mol. The Bertz CT molecular complexity index is 368. The molecule has 0 aromatic carbocycles. The van der Waals surface area contributed by atoms with Crippen molar-refractivity contribution in [1.29, 1.82) is 0 Å². The van der Waals surface area contributed by atoms with E-state index in [-0.39, 0.29) is 17.1 Å². The van der Waals surface area contributed by atoms with Gasteiger partial charge in [-0.3, -0.25) is 4.68 Å². The smallest absolute Gasteiger partial charge is 0.339 e. The highest BCUT2D eigenvalue weighted by atomic mass is 16.4. The van der Waals surface area contributed by atoms with Crippen molar-refractivity contribution in [3.05, 3.63) is 17.5 Å². The highest BCUT2D eigenvalue weighted by molar-refractivity contribution is 6.05. The number of amidine groups is 1. The summed E-state index contributed by atoms with van der Waals surface area (Å²) in [6.07, 6.45) is 1.13. The lowest BCUT2D eigenvalue weighted by atomic mass is 10.2. The van der Waals surface area contributed by atoms with E-state index in [2.05, 4.69) is 10.3 Å². The van der Waals surface area contributed by atoms with Gasteiger partial charge in [0.1, 0.15) is 11.3 Å². The number of oxime groups is 1. The molecule has 0 amide bonds. The lowest BCUT2D eigenvalue weighted by Gasteiger charge is -1.99. The summed E-state index contributed by atoms with van der Waals surface area (Å²) in [6.45, 7) is 0. The lowest BCUT2D eigenvalue weighted by molar-refractivity contribution is 0.0696. The van der Waals surface area contributed by atoms with Crippen molar-refractivity contribution in [2.75, 3.05) is 0 Å². The number of carboxylic acids is 1. The second kappa shape index (κ2) is 3.13. The molecule has 0 atom stereocenters. The first-order valence-corrected chi connectivity index (χ1v) is 3.31. The molecule has 7 nitrogen and oxygen atoms in total. The molecule has 0 aliphatic heterocycles. The number of hydrogen-bond donors (Lipinski definition) is 3. The van der Waals surface area contributed by atoms with Gasteiger partial charge in [0.25, 0.3) is 0 Å². The minimum absolute atomic E-state index is 0.0787. The molecular formula is C6H8N4O3. The Morgan fingerprint density at radius 1 is 1.77 bits per heavy atom. The largest absolute Gasteiger partial charge is 0.478 e. The standard InChI is InChI=1S/C6H8N4O3/c1-10-4(5(7)9-13)3(2-8-10)6(11)12/h2,13H,1H3,(H2,7,9)(H,11,12). The number of aromatic carboxylic acids is 1. The zero-order valence-corrected chi connectivity index (χ0v) is 6.80. The molecule has 1 aromatic rings. The van der Waals surface area contributed by atoms with E-state index in [4.69, 9.17) is 16.0 Å². The van der Waals surface area contributed by atoms with E-state index in [0.29, 0.717) is 0 Å². The van der Waals surface area contributed by atoms with Gasteiger partial charge in [0.2, 0.25) is 0 Å². The van der Waals surface area contributed by atoms with Gasteiger partial charge in [0.15, 0.2) is 5.84 Å². The number of aromatic nitrogens is 2. The summed E-state index contributed by atoms with van der Waals surface area (Å²) in [7, 11) is 1.50. The van der Waals surface area contributed by atoms with E-state index >= 15 is 0 Å². The molecular weight excluding hydrogens is 176 g/mol. The Morgan fingerprint density at radius 3 is 2.85 bits per heavy atom. The van der Waals surface area contributed by atoms with Crippen LogP contribution < -0.4 is 5.73 Å². The number of carbonyl (C=O) groups is 1. The summed E-state index contributed by atoms with van der Waals surface area (Å²) < 4.78 is 1.22. The minimum atomic E-state index is -1.17. The molecule has 1 heterocycles. The minimum Gasteiger partial charge on any atom is -0.478 e. The molecule has 13 heavy (non-hydrogen) atoms. The van der Waals surface area contributed by atoms with Crippen LogP contribution in [-0.4, -0.2) is 31.9 Å². The van der Waals surface area contributed by atoms with Gasteiger partial charge in [0.05, 0.1) is 6.20 Å². The molecule has 0 saturated carbocycles.